The normalized spacial score (nSPS) is 16.0. The highest BCUT2D eigenvalue weighted by Crippen LogP contribution is 2.22. The van der Waals surface area contributed by atoms with Gasteiger partial charge in [-0.05, 0) is 10.3 Å². The quantitative estimate of drug-likeness (QED) is 0.419. The molecule has 0 atom stereocenters. The lowest BCUT2D eigenvalue weighted by Gasteiger charge is -2.26. The van der Waals surface area contributed by atoms with E-state index in [2.05, 4.69) is 29.6 Å². The molecule has 1 aliphatic rings. The van der Waals surface area contributed by atoms with E-state index in [0.717, 1.165) is 26.3 Å². The van der Waals surface area contributed by atoms with Crippen LogP contribution in [-0.2, 0) is 4.74 Å². The summed E-state index contributed by atoms with van der Waals surface area (Å²) >= 11 is 0. The molecule has 0 amide bonds. The maximum absolute atomic E-state index is 5.33. The van der Waals surface area contributed by atoms with E-state index in [1.165, 1.54) is 9.67 Å². The van der Waals surface area contributed by atoms with E-state index in [4.69, 9.17) is 4.74 Å². The molecule has 0 radical (unpaired) electrons. The van der Waals surface area contributed by atoms with Crippen molar-refractivity contribution in [1.29, 1.82) is 0 Å². The predicted octanol–water partition coefficient (Wildman–Crippen LogP) is -2.32. The minimum Gasteiger partial charge on any atom is -1.00 e. The van der Waals surface area contributed by atoms with Crippen molar-refractivity contribution in [3.05, 3.63) is 10.7 Å². The summed E-state index contributed by atoms with van der Waals surface area (Å²) in [4.78, 5) is 2.40. The van der Waals surface area contributed by atoms with E-state index in [1.54, 1.807) is 0 Å². The molecule has 2 rings (SSSR count). The van der Waals surface area contributed by atoms with Gasteiger partial charge in [-0.3, -0.25) is 0 Å². The Labute approximate surface area is 103 Å². The van der Waals surface area contributed by atoms with E-state index in [9.17, 15) is 0 Å². The SMILES string of the molecule is C[N+](C)=c1cc(N2CCOCC2)ss1.[Cl-]. The third kappa shape index (κ3) is 3.17. The van der Waals surface area contributed by atoms with Crippen LogP contribution in [0.2, 0.25) is 0 Å². The van der Waals surface area contributed by atoms with Crippen molar-refractivity contribution in [1.82, 2.24) is 4.58 Å². The molecule has 3 nitrogen and oxygen atoms in total. The minimum absolute atomic E-state index is 0. The van der Waals surface area contributed by atoms with Crippen LogP contribution < -0.4 is 26.6 Å². The van der Waals surface area contributed by atoms with Crippen LogP contribution in [0.15, 0.2) is 6.07 Å². The second-order valence-electron chi connectivity index (χ2n) is 3.48. The van der Waals surface area contributed by atoms with Crippen LogP contribution in [0.25, 0.3) is 0 Å². The zero-order valence-corrected chi connectivity index (χ0v) is 11.3. The van der Waals surface area contributed by atoms with Gasteiger partial charge in [0, 0.05) is 13.1 Å². The van der Waals surface area contributed by atoms with Gasteiger partial charge in [0.1, 0.15) is 19.1 Å². The molecule has 1 aliphatic heterocycles. The number of hydrogen-bond acceptors (Lipinski definition) is 4. The molecule has 86 valence electrons. The second kappa shape index (κ2) is 5.84. The Bertz CT molecular complexity index is 364. The standard InChI is InChI=1S/C9H15N2OS2.ClH/c1-10(2)8-7-9(14-13-8)11-3-5-12-6-4-11;/h7H,3-6H2,1-2H3;1H/q+1;/p-1. The molecule has 0 unspecified atom stereocenters. The van der Waals surface area contributed by atoms with Crippen molar-refractivity contribution in [3.63, 3.8) is 0 Å². The maximum Gasteiger partial charge on any atom is 0.268 e. The van der Waals surface area contributed by atoms with Crippen molar-refractivity contribution < 1.29 is 17.1 Å². The molecule has 0 saturated carbocycles. The first-order valence-electron chi connectivity index (χ1n) is 4.70. The summed E-state index contributed by atoms with van der Waals surface area (Å²) in [6.07, 6.45) is 0. The summed E-state index contributed by atoms with van der Waals surface area (Å²) in [6.45, 7) is 3.78. The molecule has 1 saturated heterocycles. The van der Waals surface area contributed by atoms with E-state index in [0.29, 0.717) is 0 Å². The van der Waals surface area contributed by atoms with Crippen molar-refractivity contribution in [2.24, 2.45) is 0 Å². The van der Waals surface area contributed by atoms with Crippen LogP contribution in [0, 0.1) is 0 Å². The zero-order chi connectivity index (χ0) is 9.97. The summed E-state index contributed by atoms with van der Waals surface area (Å²) < 4.78 is 8.82. The highest BCUT2D eigenvalue weighted by molar-refractivity contribution is 7.70. The number of rotatable bonds is 1. The monoisotopic (exact) mass is 266 g/mol. The first kappa shape index (κ1) is 13.0. The Balaban J connectivity index is 0.00000112. The van der Waals surface area contributed by atoms with Crippen LogP contribution in [0.3, 0.4) is 0 Å². The second-order valence-corrected chi connectivity index (χ2v) is 5.65. The molecule has 1 aromatic heterocycles. The topological polar surface area (TPSA) is 15.5 Å². The van der Waals surface area contributed by atoms with Gasteiger partial charge in [-0.1, -0.05) is 10.3 Å². The first-order chi connectivity index (χ1) is 6.77. The Kier molecular flexibility index (Phi) is 5.05. The lowest BCUT2D eigenvalue weighted by atomic mass is 10.4. The summed E-state index contributed by atoms with van der Waals surface area (Å²) in [5, 5.41) is 1.38. The largest absolute Gasteiger partial charge is 1.00 e. The van der Waals surface area contributed by atoms with E-state index in [1.807, 2.05) is 20.7 Å². The van der Waals surface area contributed by atoms with Crippen LogP contribution in [0.1, 0.15) is 0 Å². The molecule has 0 aromatic carbocycles. The lowest BCUT2D eigenvalue weighted by molar-refractivity contribution is -0.00000357. The Morgan fingerprint density at radius 3 is 2.47 bits per heavy atom. The Morgan fingerprint density at radius 2 is 1.93 bits per heavy atom. The summed E-state index contributed by atoms with van der Waals surface area (Å²) in [6, 6.07) is 2.26. The Morgan fingerprint density at radius 1 is 1.27 bits per heavy atom. The van der Waals surface area contributed by atoms with Crippen LogP contribution in [0.4, 0.5) is 5.00 Å². The number of ether oxygens (including phenoxy) is 1. The van der Waals surface area contributed by atoms with Gasteiger partial charge >= 0.3 is 0 Å². The molecule has 6 heteroatoms. The fourth-order valence-electron chi connectivity index (χ4n) is 1.37. The maximum atomic E-state index is 5.33. The highest BCUT2D eigenvalue weighted by atomic mass is 35.5. The fourth-order valence-corrected chi connectivity index (χ4v) is 3.94. The number of halogens is 1. The van der Waals surface area contributed by atoms with Crippen molar-refractivity contribution in [3.8, 4) is 0 Å². The van der Waals surface area contributed by atoms with Crippen LogP contribution >= 0.6 is 20.7 Å². The third-order valence-corrected chi connectivity index (χ3v) is 4.78. The van der Waals surface area contributed by atoms with Gasteiger partial charge in [-0.2, -0.15) is 0 Å². The highest BCUT2D eigenvalue weighted by Gasteiger charge is 2.13. The van der Waals surface area contributed by atoms with Gasteiger partial charge in [0.2, 0.25) is 0 Å². The van der Waals surface area contributed by atoms with Crippen molar-refractivity contribution >= 4 is 25.7 Å². The van der Waals surface area contributed by atoms with E-state index >= 15 is 0 Å². The molecule has 0 spiro atoms. The molecule has 1 aromatic rings. The number of nitrogens with zero attached hydrogens (tertiary/aromatic N) is 2. The van der Waals surface area contributed by atoms with Gasteiger partial charge in [-0.25, -0.2) is 4.58 Å². The molecular formula is C9H15ClN2OS2. The van der Waals surface area contributed by atoms with Gasteiger partial charge in [0.25, 0.3) is 4.67 Å². The predicted molar refractivity (Wildman–Crippen MR) is 62.3 cm³/mol. The average Bonchev–Trinajstić information content (AvgIpc) is 2.68. The van der Waals surface area contributed by atoms with Gasteiger partial charge < -0.3 is 22.0 Å². The molecule has 0 aliphatic carbocycles. The summed E-state index contributed by atoms with van der Waals surface area (Å²) in [7, 11) is 7.86. The molecule has 0 bridgehead atoms. The number of anilines is 1. The minimum atomic E-state index is 0. The van der Waals surface area contributed by atoms with Gasteiger partial charge in [0.15, 0.2) is 0 Å². The average molecular weight is 267 g/mol. The molecule has 2 heterocycles. The van der Waals surface area contributed by atoms with Crippen LogP contribution in [0.5, 0.6) is 0 Å². The number of hydrogen-bond donors (Lipinski definition) is 0. The third-order valence-electron chi connectivity index (χ3n) is 2.22. The zero-order valence-electron chi connectivity index (χ0n) is 8.90. The smallest absolute Gasteiger partial charge is 0.268 e. The number of morpholine rings is 1. The summed E-state index contributed by atoms with van der Waals surface area (Å²) in [5.74, 6) is 0. The van der Waals surface area contributed by atoms with Gasteiger partial charge in [0.05, 0.1) is 19.3 Å². The molecule has 0 N–H and O–H groups in total. The van der Waals surface area contributed by atoms with Crippen molar-refractivity contribution in [2.75, 3.05) is 45.3 Å². The summed E-state index contributed by atoms with van der Waals surface area (Å²) in [5.41, 5.74) is 0. The first-order valence-corrected chi connectivity index (χ1v) is 6.85. The molecule has 1 fully saturated rings. The molecular weight excluding hydrogens is 252 g/mol. The van der Waals surface area contributed by atoms with Crippen LogP contribution in [-0.4, -0.2) is 40.4 Å². The van der Waals surface area contributed by atoms with E-state index < -0.39 is 0 Å². The van der Waals surface area contributed by atoms with E-state index in [-0.39, 0.29) is 12.4 Å². The van der Waals surface area contributed by atoms with Gasteiger partial charge in [-0.15, -0.1) is 0 Å². The van der Waals surface area contributed by atoms with Crippen molar-refractivity contribution in [2.45, 2.75) is 0 Å². The molecule has 15 heavy (non-hydrogen) atoms. The Hall–Kier alpha value is -0.100. The fraction of sp³-hybridized carbons (Fsp3) is 0.667. The lowest BCUT2D eigenvalue weighted by Crippen LogP contribution is -3.00.